The molecule has 1 aliphatic rings. The topological polar surface area (TPSA) is 38.3 Å². The first kappa shape index (κ1) is 12.0. The standard InChI is InChI=1S/C10H18BrNO2/c1-3-9-8(4-5-14-9)10(13)12-6-7(2)11/h7-9H,3-6H2,1-2H3,(H,12,13). The van der Waals surface area contributed by atoms with Gasteiger partial charge in [0.25, 0.3) is 0 Å². The highest BCUT2D eigenvalue weighted by Crippen LogP contribution is 2.23. The lowest BCUT2D eigenvalue weighted by molar-refractivity contribution is -0.126. The van der Waals surface area contributed by atoms with E-state index in [2.05, 4.69) is 28.2 Å². The summed E-state index contributed by atoms with van der Waals surface area (Å²) in [6.45, 7) is 5.48. The number of amides is 1. The van der Waals surface area contributed by atoms with Gasteiger partial charge in [-0.25, -0.2) is 0 Å². The minimum absolute atomic E-state index is 0.0613. The van der Waals surface area contributed by atoms with Crippen LogP contribution in [0.4, 0.5) is 0 Å². The molecule has 3 nitrogen and oxygen atoms in total. The molecule has 14 heavy (non-hydrogen) atoms. The predicted molar refractivity (Wildman–Crippen MR) is 59.5 cm³/mol. The van der Waals surface area contributed by atoms with Gasteiger partial charge in [-0.05, 0) is 12.8 Å². The van der Waals surface area contributed by atoms with Gasteiger partial charge in [0.05, 0.1) is 12.0 Å². The second-order valence-corrected chi connectivity index (χ2v) is 5.30. The van der Waals surface area contributed by atoms with Crippen LogP contribution in [-0.2, 0) is 9.53 Å². The molecule has 0 aromatic rings. The van der Waals surface area contributed by atoms with Crippen molar-refractivity contribution in [2.45, 2.75) is 37.6 Å². The average Bonchev–Trinajstić information content (AvgIpc) is 2.61. The highest BCUT2D eigenvalue weighted by molar-refractivity contribution is 9.09. The lowest BCUT2D eigenvalue weighted by Gasteiger charge is -2.16. The Bertz CT molecular complexity index is 197. The molecule has 1 fully saturated rings. The number of halogens is 1. The first-order chi connectivity index (χ1) is 6.65. The maximum Gasteiger partial charge on any atom is 0.225 e. The van der Waals surface area contributed by atoms with Gasteiger partial charge in [-0.3, -0.25) is 4.79 Å². The van der Waals surface area contributed by atoms with E-state index in [0.29, 0.717) is 11.4 Å². The minimum atomic E-state index is 0.0613. The van der Waals surface area contributed by atoms with E-state index in [0.717, 1.165) is 19.4 Å². The third-order valence-electron chi connectivity index (χ3n) is 2.51. The Morgan fingerprint density at radius 1 is 1.71 bits per heavy atom. The van der Waals surface area contributed by atoms with Crippen LogP contribution in [0.5, 0.6) is 0 Å². The summed E-state index contributed by atoms with van der Waals surface area (Å²) in [5, 5.41) is 2.92. The fourth-order valence-corrected chi connectivity index (χ4v) is 1.88. The number of carbonyl (C=O) groups excluding carboxylic acids is 1. The molecule has 0 radical (unpaired) electrons. The van der Waals surface area contributed by atoms with Crippen LogP contribution in [0.2, 0.25) is 0 Å². The van der Waals surface area contributed by atoms with Gasteiger partial charge in [-0.15, -0.1) is 0 Å². The number of ether oxygens (including phenoxy) is 1. The molecule has 3 atom stereocenters. The molecule has 1 amide bonds. The highest BCUT2D eigenvalue weighted by Gasteiger charge is 2.32. The zero-order chi connectivity index (χ0) is 10.6. The number of nitrogens with one attached hydrogen (secondary N) is 1. The van der Waals surface area contributed by atoms with Crippen LogP contribution < -0.4 is 5.32 Å². The summed E-state index contributed by atoms with van der Waals surface area (Å²) in [7, 11) is 0. The van der Waals surface area contributed by atoms with Gasteiger partial charge in [0.2, 0.25) is 5.91 Å². The normalized spacial score (nSPS) is 28.8. The quantitative estimate of drug-likeness (QED) is 0.785. The van der Waals surface area contributed by atoms with Crippen molar-refractivity contribution in [2.75, 3.05) is 13.2 Å². The van der Waals surface area contributed by atoms with Crippen molar-refractivity contribution in [3.8, 4) is 0 Å². The molecular formula is C10H18BrNO2. The maximum absolute atomic E-state index is 11.7. The van der Waals surface area contributed by atoms with Gasteiger partial charge < -0.3 is 10.1 Å². The van der Waals surface area contributed by atoms with Gasteiger partial charge in [0.1, 0.15) is 0 Å². The summed E-state index contributed by atoms with van der Waals surface area (Å²) in [5.41, 5.74) is 0. The van der Waals surface area contributed by atoms with Crippen LogP contribution in [0.3, 0.4) is 0 Å². The van der Waals surface area contributed by atoms with E-state index >= 15 is 0 Å². The average molecular weight is 264 g/mol. The van der Waals surface area contributed by atoms with E-state index in [1.807, 2.05) is 6.92 Å². The summed E-state index contributed by atoms with van der Waals surface area (Å²) in [6, 6.07) is 0. The predicted octanol–water partition coefficient (Wildman–Crippen LogP) is 1.70. The lowest BCUT2D eigenvalue weighted by Crippen LogP contribution is -2.37. The fraction of sp³-hybridized carbons (Fsp3) is 0.900. The molecule has 1 rings (SSSR count). The Hall–Kier alpha value is -0.0900. The molecule has 1 saturated heterocycles. The summed E-state index contributed by atoms with van der Waals surface area (Å²) < 4.78 is 5.47. The number of alkyl halides is 1. The van der Waals surface area contributed by atoms with Crippen LogP contribution in [0.25, 0.3) is 0 Å². The zero-order valence-corrected chi connectivity index (χ0v) is 10.3. The molecular weight excluding hydrogens is 246 g/mol. The Morgan fingerprint density at radius 3 is 3.00 bits per heavy atom. The van der Waals surface area contributed by atoms with Gasteiger partial charge in [-0.1, -0.05) is 29.8 Å². The molecule has 0 aromatic heterocycles. The van der Waals surface area contributed by atoms with Crippen molar-refractivity contribution >= 4 is 21.8 Å². The molecule has 1 N–H and O–H groups in total. The Kier molecular flexibility index (Phi) is 4.89. The van der Waals surface area contributed by atoms with E-state index in [4.69, 9.17) is 4.74 Å². The van der Waals surface area contributed by atoms with E-state index < -0.39 is 0 Å². The second-order valence-electron chi connectivity index (χ2n) is 3.74. The van der Waals surface area contributed by atoms with Gasteiger partial charge in [0, 0.05) is 18.0 Å². The number of carbonyl (C=O) groups is 1. The van der Waals surface area contributed by atoms with E-state index in [-0.39, 0.29) is 17.9 Å². The van der Waals surface area contributed by atoms with Crippen LogP contribution in [0.15, 0.2) is 0 Å². The van der Waals surface area contributed by atoms with Crippen molar-refractivity contribution in [3.05, 3.63) is 0 Å². The molecule has 1 aliphatic heterocycles. The third-order valence-corrected chi connectivity index (χ3v) is 2.83. The third kappa shape index (κ3) is 3.24. The van der Waals surface area contributed by atoms with Crippen LogP contribution in [0.1, 0.15) is 26.7 Å². The molecule has 82 valence electrons. The number of rotatable bonds is 4. The SMILES string of the molecule is CCC1OCCC1C(=O)NCC(C)Br. The molecule has 0 saturated carbocycles. The van der Waals surface area contributed by atoms with Crippen LogP contribution in [0, 0.1) is 5.92 Å². The van der Waals surface area contributed by atoms with E-state index in [1.54, 1.807) is 0 Å². The van der Waals surface area contributed by atoms with Crippen molar-refractivity contribution in [2.24, 2.45) is 5.92 Å². The fourth-order valence-electron chi connectivity index (χ4n) is 1.72. The number of hydrogen-bond acceptors (Lipinski definition) is 2. The summed E-state index contributed by atoms with van der Waals surface area (Å²) in [5.74, 6) is 0.201. The zero-order valence-electron chi connectivity index (χ0n) is 8.75. The van der Waals surface area contributed by atoms with Gasteiger partial charge in [-0.2, -0.15) is 0 Å². The molecule has 0 aliphatic carbocycles. The molecule has 0 bridgehead atoms. The monoisotopic (exact) mass is 263 g/mol. The first-order valence-electron chi connectivity index (χ1n) is 5.18. The van der Waals surface area contributed by atoms with Crippen molar-refractivity contribution < 1.29 is 9.53 Å². The maximum atomic E-state index is 11.7. The molecule has 0 spiro atoms. The lowest BCUT2D eigenvalue weighted by atomic mass is 9.99. The molecule has 1 heterocycles. The summed E-state index contributed by atoms with van der Waals surface area (Å²) in [4.78, 5) is 12.0. The smallest absolute Gasteiger partial charge is 0.225 e. The first-order valence-corrected chi connectivity index (χ1v) is 6.10. The minimum Gasteiger partial charge on any atom is -0.377 e. The second kappa shape index (κ2) is 5.71. The molecule has 4 heteroatoms. The van der Waals surface area contributed by atoms with Gasteiger partial charge in [0.15, 0.2) is 0 Å². The molecule has 3 unspecified atom stereocenters. The van der Waals surface area contributed by atoms with Gasteiger partial charge >= 0.3 is 0 Å². The van der Waals surface area contributed by atoms with Crippen molar-refractivity contribution in [1.29, 1.82) is 0 Å². The van der Waals surface area contributed by atoms with Crippen molar-refractivity contribution in [1.82, 2.24) is 5.32 Å². The van der Waals surface area contributed by atoms with Crippen molar-refractivity contribution in [3.63, 3.8) is 0 Å². The number of hydrogen-bond donors (Lipinski definition) is 1. The summed E-state index contributed by atoms with van der Waals surface area (Å²) >= 11 is 3.40. The Morgan fingerprint density at radius 2 is 2.43 bits per heavy atom. The van der Waals surface area contributed by atoms with E-state index in [1.165, 1.54) is 0 Å². The largest absolute Gasteiger partial charge is 0.377 e. The highest BCUT2D eigenvalue weighted by atomic mass is 79.9. The summed E-state index contributed by atoms with van der Waals surface area (Å²) in [6.07, 6.45) is 1.91. The van der Waals surface area contributed by atoms with E-state index in [9.17, 15) is 4.79 Å². The van der Waals surface area contributed by atoms with Crippen LogP contribution >= 0.6 is 15.9 Å². The van der Waals surface area contributed by atoms with Crippen LogP contribution in [-0.4, -0.2) is 30.0 Å². The molecule has 0 aromatic carbocycles. The Labute approximate surface area is 93.7 Å². The Balaban J connectivity index is 2.35.